The lowest BCUT2D eigenvalue weighted by atomic mass is 10.2. The summed E-state index contributed by atoms with van der Waals surface area (Å²) in [6.45, 7) is 0.0691. The van der Waals surface area contributed by atoms with Gasteiger partial charge < -0.3 is 20.7 Å². The van der Waals surface area contributed by atoms with Crippen molar-refractivity contribution in [1.82, 2.24) is 0 Å². The van der Waals surface area contributed by atoms with E-state index in [9.17, 15) is 15.0 Å². The predicted octanol–water partition coefficient (Wildman–Crippen LogP) is -1.68. The Balaban J connectivity index is 2.27. The maximum absolute atomic E-state index is 11.0. The van der Waals surface area contributed by atoms with Gasteiger partial charge in [-0.15, -0.1) is 0 Å². The van der Waals surface area contributed by atoms with E-state index < -0.39 is 24.3 Å². The van der Waals surface area contributed by atoms with Gasteiger partial charge in [-0.25, -0.2) is 0 Å². The average molecular weight is 225 g/mol. The fraction of sp³-hybridized carbons (Fsp3) is 0.400. The highest BCUT2D eigenvalue weighted by Crippen LogP contribution is 2.18. The number of nitrogens with two attached hydrogens (primary N) is 1. The van der Waals surface area contributed by atoms with E-state index in [1.54, 1.807) is 18.3 Å². The molecule has 1 aliphatic heterocycles. The summed E-state index contributed by atoms with van der Waals surface area (Å²) in [6, 6.07) is 3.19. The highest BCUT2D eigenvalue weighted by molar-refractivity contribution is 5.92. The summed E-state index contributed by atoms with van der Waals surface area (Å²) in [6.07, 6.45) is 0.518. The molecule has 2 heterocycles. The quantitative estimate of drug-likeness (QED) is 0.524. The zero-order valence-corrected chi connectivity index (χ0v) is 8.48. The Morgan fingerprint density at radius 2 is 2.31 bits per heavy atom. The minimum absolute atomic E-state index is 0.0691. The van der Waals surface area contributed by atoms with Crippen molar-refractivity contribution in [2.45, 2.75) is 18.4 Å². The van der Waals surface area contributed by atoms with Crippen molar-refractivity contribution in [1.29, 1.82) is 0 Å². The molecular weight excluding hydrogens is 212 g/mol. The predicted molar refractivity (Wildman–Crippen MR) is 52.2 cm³/mol. The summed E-state index contributed by atoms with van der Waals surface area (Å²) < 4.78 is 6.72. The summed E-state index contributed by atoms with van der Waals surface area (Å²) in [5, 5.41) is 19.0. The first-order valence-electron chi connectivity index (χ1n) is 4.88. The smallest absolute Gasteiger partial charge is 0.291 e. The lowest BCUT2D eigenvalue weighted by molar-refractivity contribution is -0.764. The second kappa shape index (κ2) is 4.17. The van der Waals surface area contributed by atoms with Crippen LogP contribution in [0.1, 0.15) is 16.6 Å². The van der Waals surface area contributed by atoms with Gasteiger partial charge in [0.1, 0.15) is 11.7 Å². The van der Waals surface area contributed by atoms with Gasteiger partial charge in [-0.05, 0) is 6.07 Å². The molecular formula is C10H13N2O4+. The molecule has 2 rings (SSSR count). The van der Waals surface area contributed by atoms with Crippen LogP contribution in [0.2, 0.25) is 0 Å². The fourth-order valence-corrected chi connectivity index (χ4v) is 1.64. The van der Waals surface area contributed by atoms with Crippen LogP contribution in [0.5, 0.6) is 0 Å². The Labute approximate surface area is 91.9 Å². The Morgan fingerprint density at radius 3 is 2.88 bits per heavy atom. The van der Waals surface area contributed by atoms with Crippen molar-refractivity contribution in [3.8, 4) is 0 Å². The molecule has 0 spiro atoms. The van der Waals surface area contributed by atoms with Gasteiger partial charge in [0, 0.05) is 6.07 Å². The molecule has 0 bridgehead atoms. The number of hydrogen-bond donors (Lipinski definition) is 3. The summed E-state index contributed by atoms with van der Waals surface area (Å²) in [5.41, 5.74) is 5.46. The molecule has 0 unspecified atom stereocenters. The maximum Gasteiger partial charge on any atom is 0.291 e. The van der Waals surface area contributed by atoms with E-state index in [1.165, 1.54) is 10.8 Å². The summed E-state index contributed by atoms with van der Waals surface area (Å²) in [7, 11) is 0. The minimum atomic E-state index is -1.01. The van der Waals surface area contributed by atoms with Gasteiger partial charge in [0.25, 0.3) is 12.1 Å². The van der Waals surface area contributed by atoms with Crippen LogP contribution in [0.15, 0.2) is 24.5 Å². The molecule has 1 fully saturated rings. The van der Waals surface area contributed by atoms with E-state index >= 15 is 0 Å². The third kappa shape index (κ3) is 1.90. The van der Waals surface area contributed by atoms with Crippen LogP contribution >= 0.6 is 0 Å². The fourth-order valence-electron chi connectivity index (χ4n) is 1.64. The molecule has 0 aromatic carbocycles. The van der Waals surface area contributed by atoms with Gasteiger partial charge in [0.15, 0.2) is 18.5 Å². The molecule has 1 amide bonds. The summed E-state index contributed by atoms with van der Waals surface area (Å²) in [4.78, 5) is 11.0. The van der Waals surface area contributed by atoms with Gasteiger partial charge in [-0.2, -0.15) is 4.57 Å². The van der Waals surface area contributed by atoms with Crippen molar-refractivity contribution in [2.75, 3.05) is 6.61 Å². The van der Waals surface area contributed by atoms with E-state index in [0.29, 0.717) is 5.56 Å². The number of hydrogen-bond acceptors (Lipinski definition) is 4. The first-order chi connectivity index (χ1) is 7.59. The van der Waals surface area contributed by atoms with Crippen LogP contribution in [-0.2, 0) is 4.74 Å². The number of nitrogens with zero attached hydrogens (tertiary/aromatic N) is 1. The normalized spacial score (nSPS) is 29.2. The number of carbonyl (C=O) groups excluding carboxylic acids is 1. The van der Waals surface area contributed by atoms with Crippen LogP contribution in [0.25, 0.3) is 0 Å². The number of aliphatic hydroxyl groups excluding tert-OH is 2. The average Bonchev–Trinajstić information content (AvgIpc) is 2.60. The second-order valence-electron chi connectivity index (χ2n) is 3.69. The molecule has 6 nitrogen and oxygen atoms in total. The Kier molecular flexibility index (Phi) is 2.86. The molecule has 6 heteroatoms. The molecule has 0 radical (unpaired) electrons. The number of pyridine rings is 1. The first kappa shape index (κ1) is 11.0. The van der Waals surface area contributed by atoms with Gasteiger partial charge in [-0.3, -0.25) is 4.79 Å². The van der Waals surface area contributed by atoms with Crippen LogP contribution < -0.4 is 10.3 Å². The molecule has 4 N–H and O–H groups in total. The monoisotopic (exact) mass is 225 g/mol. The number of rotatable bonds is 2. The number of carbonyl (C=O) groups is 1. The van der Waals surface area contributed by atoms with Crippen molar-refractivity contribution in [3.63, 3.8) is 0 Å². The van der Waals surface area contributed by atoms with Gasteiger partial charge >= 0.3 is 0 Å². The lowest BCUT2D eigenvalue weighted by Crippen LogP contribution is -2.46. The Morgan fingerprint density at radius 1 is 1.56 bits per heavy atom. The van der Waals surface area contributed by atoms with Crippen LogP contribution in [-0.4, -0.2) is 34.9 Å². The molecule has 3 atom stereocenters. The molecule has 16 heavy (non-hydrogen) atoms. The lowest BCUT2D eigenvalue weighted by Gasteiger charge is -2.09. The number of aliphatic hydroxyl groups is 2. The molecule has 86 valence electrons. The Hall–Kier alpha value is -1.50. The number of ether oxygens (including phenoxy) is 1. The van der Waals surface area contributed by atoms with E-state index in [4.69, 9.17) is 10.5 Å². The molecule has 1 aromatic rings. The highest BCUT2D eigenvalue weighted by Gasteiger charge is 2.41. The number of aromatic nitrogens is 1. The number of primary amides is 1. The van der Waals surface area contributed by atoms with E-state index in [0.717, 1.165) is 0 Å². The third-order valence-electron chi connectivity index (χ3n) is 2.52. The SMILES string of the molecule is NC(=O)c1ccc[n+]([C@@H]2OC[C@@H](O)[C@H]2O)c1. The van der Waals surface area contributed by atoms with E-state index in [-0.39, 0.29) is 6.61 Å². The Bertz CT molecular complexity index is 410. The molecule has 1 saturated heterocycles. The minimum Gasteiger partial charge on any atom is -0.388 e. The van der Waals surface area contributed by atoms with Crippen LogP contribution in [0.4, 0.5) is 0 Å². The molecule has 1 aliphatic rings. The molecule has 0 saturated carbocycles. The van der Waals surface area contributed by atoms with Crippen molar-refractivity contribution >= 4 is 5.91 Å². The second-order valence-corrected chi connectivity index (χ2v) is 3.69. The summed E-state index contributed by atoms with van der Waals surface area (Å²) >= 11 is 0. The van der Waals surface area contributed by atoms with Gasteiger partial charge in [-0.1, -0.05) is 0 Å². The van der Waals surface area contributed by atoms with Crippen molar-refractivity contribution < 1.29 is 24.3 Å². The van der Waals surface area contributed by atoms with Crippen LogP contribution in [0.3, 0.4) is 0 Å². The number of amides is 1. The molecule has 1 aromatic heterocycles. The molecule has 0 aliphatic carbocycles. The van der Waals surface area contributed by atoms with Crippen molar-refractivity contribution in [3.05, 3.63) is 30.1 Å². The van der Waals surface area contributed by atoms with E-state index in [2.05, 4.69) is 0 Å². The van der Waals surface area contributed by atoms with Crippen LogP contribution in [0, 0.1) is 0 Å². The van der Waals surface area contributed by atoms with Gasteiger partial charge in [0.2, 0.25) is 0 Å². The maximum atomic E-state index is 11.0. The zero-order valence-electron chi connectivity index (χ0n) is 8.48. The standard InChI is InChI=1S/C10H12N2O4/c11-9(15)6-2-1-3-12(4-6)10-8(14)7(13)5-16-10/h1-4,7-8,10,13-14H,5H2,(H-,11,15)/p+1/t7-,8-,10-/m1/s1. The first-order valence-corrected chi connectivity index (χ1v) is 4.88. The zero-order chi connectivity index (χ0) is 11.7. The van der Waals surface area contributed by atoms with Crippen molar-refractivity contribution in [2.24, 2.45) is 5.73 Å². The highest BCUT2D eigenvalue weighted by atomic mass is 16.5. The van der Waals surface area contributed by atoms with E-state index in [1.807, 2.05) is 0 Å². The van der Waals surface area contributed by atoms with Gasteiger partial charge in [0.05, 0.1) is 6.61 Å². The topological polar surface area (TPSA) is 96.7 Å². The largest absolute Gasteiger partial charge is 0.388 e. The summed E-state index contributed by atoms with van der Waals surface area (Å²) in [5.74, 6) is -0.553. The third-order valence-corrected chi connectivity index (χ3v) is 2.52.